The molecule has 0 saturated carbocycles. The van der Waals surface area contributed by atoms with Gasteiger partial charge in [-0.3, -0.25) is 9.36 Å². The Morgan fingerprint density at radius 1 is 1.10 bits per heavy atom. The number of ether oxygens (including phenoxy) is 3. The van der Waals surface area contributed by atoms with Crippen LogP contribution in [-0.2, 0) is 9.53 Å². The topological polar surface area (TPSA) is 79.1 Å². The molecule has 42 heavy (non-hydrogen) atoms. The molecule has 2 heterocycles. The normalized spacial score (nSPS) is 14.8. The number of thiazole rings is 1. The summed E-state index contributed by atoms with van der Waals surface area (Å²) in [5, 5.41) is 0.373. The molecule has 0 radical (unpaired) electrons. The molecule has 0 bridgehead atoms. The van der Waals surface area contributed by atoms with Crippen molar-refractivity contribution >= 4 is 52.4 Å². The quantitative estimate of drug-likeness (QED) is 0.176. The Hall–Kier alpha value is -3.79. The molecule has 5 rings (SSSR count). The van der Waals surface area contributed by atoms with Gasteiger partial charge < -0.3 is 14.2 Å². The molecule has 1 atom stereocenters. The SMILES string of the molecule is CCOC(=O)C1=C(c2ccccc2)N=c2s/c(=C\c3cc(Cl)c(OCC)c(OC)c3)c(=O)n2[C@H]1c1ccc(SC)cc1. The van der Waals surface area contributed by atoms with Gasteiger partial charge in [-0.05, 0) is 61.6 Å². The molecule has 0 fully saturated rings. The summed E-state index contributed by atoms with van der Waals surface area (Å²) in [5.74, 6) is 0.392. The van der Waals surface area contributed by atoms with E-state index in [9.17, 15) is 9.59 Å². The van der Waals surface area contributed by atoms with Crippen LogP contribution in [0.4, 0.5) is 0 Å². The fraction of sp³-hybridized carbons (Fsp3) is 0.219. The zero-order valence-electron chi connectivity index (χ0n) is 23.5. The van der Waals surface area contributed by atoms with Crippen LogP contribution in [0.5, 0.6) is 11.5 Å². The first-order chi connectivity index (χ1) is 20.4. The third kappa shape index (κ3) is 5.77. The van der Waals surface area contributed by atoms with E-state index in [1.165, 1.54) is 18.4 Å². The van der Waals surface area contributed by atoms with Crippen molar-refractivity contribution in [2.75, 3.05) is 26.6 Å². The van der Waals surface area contributed by atoms with Crippen LogP contribution in [0.3, 0.4) is 0 Å². The lowest BCUT2D eigenvalue weighted by atomic mass is 9.93. The van der Waals surface area contributed by atoms with E-state index in [0.717, 1.165) is 16.0 Å². The van der Waals surface area contributed by atoms with Crippen molar-refractivity contribution in [1.82, 2.24) is 4.57 Å². The van der Waals surface area contributed by atoms with Crippen molar-refractivity contribution in [3.05, 3.63) is 114 Å². The monoisotopic (exact) mass is 620 g/mol. The van der Waals surface area contributed by atoms with Crippen LogP contribution in [0.1, 0.15) is 36.6 Å². The number of methoxy groups -OCH3 is 1. The van der Waals surface area contributed by atoms with Crippen molar-refractivity contribution in [2.24, 2.45) is 4.99 Å². The molecule has 7 nitrogen and oxygen atoms in total. The number of hydrogen-bond donors (Lipinski definition) is 0. The molecule has 10 heteroatoms. The summed E-state index contributed by atoms with van der Waals surface area (Å²) >= 11 is 9.37. The average molecular weight is 621 g/mol. The van der Waals surface area contributed by atoms with Crippen LogP contribution < -0.4 is 24.4 Å². The Bertz CT molecular complexity index is 1830. The van der Waals surface area contributed by atoms with Gasteiger partial charge in [0.25, 0.3) is 5.56 Å². The van der Waals surface area contributed by atoms with Crippen LogP contribution in [0.15, 0.2) is 87.0 Å². The van der Waals surface area contributed by atoms with Crippen LogP contribution in [0.2, 0.25) is 5.02 Å². The van der Waals surface area contributed by atoms with E-state index >= 15 is 0 Å². The number of halogens is 1. The summed E-state index contributed by atoms with van der Waals surface area (Å²) in [6, 6.07) is 20.1. The standard InChI is InChI=1S/C32H29ClN2O5S2/c1-5-39-29-23(33)16-19(17-24(29)38-3)18-25-30(36)35-28(21-12-14-22(41-4)15-13-21)26(31(37)40-6-2)27(34-32(35)42-25)20-10-8-7-9-11-20/h7-18,28H,5-6H2,1-4H3/b25-18-/t28-/m0/s1. The molecule has 0 amide bonds. The maximum Gasteiger partial charge on any atom is 0.338 e. The van der Waals surface area contributed by atoms with E-state index in [1.54, 1.807) is 41.5 Å². The minimum atomic E-state index is -0.744. The number of fused-ring (bicyclic) bond motifs is 1. The van der Waals surface area contributed by atoms with Gasteiger partial charge in [-0.2, -0.15) is 0 Å². The Morgan fingerprint density at radius 2 is 1.83 bits per heavy atom. The van der Waals surface area contributed by atoms with Crippen molar-refractivity contribution in [3.63, 3.8) is 0 Å². The number of aromatic nitrogens is 1. The summed E-state index contributed by atoms with van der Waals surface area (Å²) in [6.45, 7) is 4.24. The number of hydrogen-bond acceptors (Lipinski definition) is 8. The van der Waals surface area contributed by atoms with Gasteiger partial charge in [0, 0.05) is 10.5 Å². The lowest BCUT2D eigenvalue weighted by Crippen LogP contribution is -2.40. The molecule has 0 unspecified atom stereocenters. The molecule has 3 aromatic carbocycles. The Morgan fingerprint density at radius 3 is 2.48 bits per heavy atom. The Kier molecular flexibility index (Phi) is 9.21. The second-order valence-electron chi connectivity index (χ2n) is 9.17. The first-order valence-corrected chi connectivity index (χ1v) is 15.7. The summed E-state index contributed by atoms with van der Waals surface area (Å²) in [6.07, 6.45) is 3.75. The average Bonchev–Trinajstić information content (AvgIpc) is 3.32. The molecule has 1 aromatic heterocycles. The van der Waals surface area contributed by atoms with Crippen LogP contribution in [0, 0.1) is 0 Å². The Balaban J connectivity index is 1.78. The van der Waals surface area contributed by atoms with E-state index in [2.05, 4.69) is 0 Å². The summed E-state index contributed by atoms with van der Waals surface area (Å²) < 4.78 is 18.7. The second kappa shape index (κ2) is 13.0. The molecule has 216 valence electrons. The highest BCUT2D eigenvalue weighted by Crippen LogP contribution is 2.37. The smallest absolute Gasteiger partial charge is 0.338 e. The number of esters is 1. The van der Waals surface area contributed by atoms with Crippen molar-refractivity contribution < 1.29 is 19.0 Å². The lowest BCUT2D eigenvalue weighted by molar-refractivity contribution is -0.138. The van der Waals surface area contributed by atoms with Crippen molar-refractivity contribution in [3.8, 4) is 11.5 Å². The zero-order valence-corrected chi connectivity index (χ0v) is 25.9. The highest BCUT2D eigenvalue weighted by molar-refractivity contribution is 7.98. The van der Waals surface area contributed by atoms with Gasteiger partial charge in [0.15, 0.2) is 16.3 Å². The zero-order chi connectivity index (χ0) is 29.8. The highest BCUT2D eigenvalue weighted by atomic mass is 35.5. The molecule has 0 N–H and O–H groups in total. The third-order valence-corrected chi connectivity index (χ3v) is 8.65. The van der Waals surface area contributed by atoms with Gasteiger partial charge >= 0.3 is 5.97 Å². The number of nitrogens with zero attached hydrogens (tertiary/aromatic N) is 2. The van der Waals surface area contributed by atoms with Crippen LogP contribution >= 0.6 is 34.7 Å². The van der Waals surface area contributed by atoms with Crippen LogP contribution in [0.25, 0.3) is 11.8 Å². The number of carbonyl (C=O) groups excluding carboxylic acids is 1. The predicted molar refractivity (Wildman–Crippen MR) is 168 cm³/mol. The van der Waals surface area contributed by atoms with E-state index in [1.807, 2.05) is 67.8 Å². The summed E-state index contributed by atoms with van der Waals surface area (Å²) in [7, 11) is 1.54. The molecular formula is C32H29ClN2O5S2. The van der Waals surface area contributed by atoms with E-state index < -0.39 is 12.0 Å². The molecule has 1 aliphatic rings. The lowest BCUT2D eigenvalue weighted by Gasteiger charge is -2.26. The maximum absolute atomic E-state index is 14.1. The summed E-state index contributed by atoms with van der Waals surface area (Å²) in [5.41, 5.74) is 2.70. The van der Waals surface area contributed by atoms with E-state index in [4.69, 9.17) is 30.8 Å². The fourth-order valence-corrected chi connectivity index (χ4v) is 6.48. The molecule has 1 aliphatic heterocycles. The fourth-order valence-electron chi connectivity index (χ4n) is 4.80. The first kappa shape index (κ1) is 29.7. The molecule has 0 aliphatic carbocycles. The number of carbonyl (C=O) groups is 1. The predicted octanol–water partition coefficient (Wildman–Crippen LogP) is 5.72. The third-order valence-electron chi connectivity index (χ3n) is 6.64. The van der Waals surface area contributed by atoms with Crippen molar-refractivity contribution in [2.45, 2.75) is 24.8 Å². The van der Waals surface area contributed by atoms with Gasteiger partial charge in [0.05, 0.1) is 47.2 Å². The molecule has 0 saturated heterocycles. The minimum absolute atomic E-state index is 0.188. The van der Waals surface area contributed by atoms with Gasteiger partial charge in [0.2, 0.25) is 0 Å². The first-order valence-electron chi connectivity index (χ1n) is 13.3. The Labute approximate surface area is 256 Å². The highest BCUT2D eigenvalue weighted by Gasteiger charge is 2.35. The van der Waals surface area contributed by atoms with Gasteiger partial charge in [-0.1, -0.05) is 65.4 Å². The minimum Gasteiger partial charge on any atom is -0.493 e. The second-order valence-corrected chi connectivity index (χ2v) is 11.5. The van der Waals surface area contributed by atoms with Gasteiger partial charge in [-0.15, -0.1) is 11.8 Å². The maximum atomic E-state index is 14.1. The molecular weight excluding hydrogens is 592 g/mol. The number of benzene rings is 3. The van der Waals surface area contributed by atoms with Crippen molar-refractivity contribution in [1.29, 1.82) is 0 Å². The van der Waals surface area contributed by atoms with Crippen LogP contribution in [-0.4, -0.2) is 37.1 Å². The van der Waals surface area contributed by atoms with E-state index in [-0.39, 0.29) is 12.2 Å². The number of thioether (sulfide) groups is 1. The largest absolute Gasteiger partial charge is 0.493 e. The van der Waals surface area contributed by atoms with E-state index in [0.29, 0.717) is 49.3 Å². The number of rotatable bonds is 9. The molecule has 4 aromatic rings. The van der Waals surface area contributed by atoms with Gasteiger partial charge in [-0.25, -0.2) is 9.79 Å². The van der Waals surface area contributed by atoms with Gasteiger partial charge in [0.1, 0.15) is 0 Å². The summed E-state index contributed by atoms with van der Waals surface area (Å²) in [4.78, 5) is 34.1. The molecule has 0 spiro atoms.